The molecular weight excluding hydrogens is 229 g/mol. The van der Waals surface area contributed by atoms with E-state index in [0.29, 0.717) is 5.75 Å². The van der Waals surface area contributed by atoms with Gasteiger partial charge in [-0.2, -0.15) is 0 Å². The van der Waals surface area contributed by atoms with Crippen LogP contribution in [-0.2, 0) is 4.76 Å². The largest absolute Gasteiger partial charge is 0.638 e. The van der Waals surface area contributed by atoms with E-state index in [9.17, 15) is 0 Å². The molecule has 5 nitrogen and oxygen atoms in total. The molecule has 0 heterocycles. The van der Waals surface area contributed by atoms with Crippen molar-refractivity contribution in [2.24, 2.45) is 5.28 Å². The summed E-state index contributed by atoms with van der Waals surface area (Å²) in [4.78, 5) is 2.57. The van der Waals surface area contributed by atoms with Crippen LogP contribution in [0.25, 0.3) is 10.4 Å². The first-order valence-electron chi connectivity index (χ1n) is 5.37. The molecule has 0 N–H and O–H groups in total. The van der Waals surface area contributed by atoms with E-state index in [-0.39, 0.29) is 0 Å². The highest BCUT2D eigenvalue weighted by Gasteiger charge is 2.25. The minimum Gasteiger partial charge on any atom is -0.522 e. The second-order valence-electron chi connectivity index (χ2n) is 3.45. The van der Waals surface area contributed by atoms with Gasteiger partial charge in [-0.05, 0) is 17.7 Å². The number of hydrogen-bond donors (Lipinski definition) is 0. The lowest BCUT2D eigenvalue weighted by molar-refractivity contribution is 0.286. The molecule has 0 saturated carbocycles. The van der Waals surface area contributed by atoms with Crippen molar-refractivity contribution in [1.29, 1.82) is 0 Å². The van der Waals surface area contributed by atoms with Crippen LogP contribution in [0.4, 0.5) is 0 Å². The van der Waals surface area contributed by atoms with Crippen molar-refractivity contribution in [2.75, 3.05) is 0 Å². The van der Waals surface area contributed by atoms with Crippen LogP contribution in [0.3, 0.4) is 0 Å². The van der Waals surface area contributed by atoms with Gasteiger partial charge in [0.05, 0.1) is 5.28 Å². The second-order valence-corrected chi connectivity index (χ2v) is 3.45. The highest BCUT2D eigenvalue weighted by molar-refractivity contribution is 6.61. The molecule has 0 amide bonds. The summed E-state index contributed by atoms with van der Waals surface area (Å²) >= 11 is 0. The summed E-state index contributed by atoms with van der Waals surface area (Å²) in [5.74, 6) is 0.638. The van der Waals surface area contributed by atoms with Crippen LogP contribution < -0.4 is 10.1 Å². The van der Waals surface area contributed by atoms with Gasteiger partial charge in [-0.3, -0.25) is 0 Å². The summed E-state index contributed by atoms with van der Waals surface area (Å²) in [6.07, 6.45) is 0. The van der Waals surface area contributed by atoms with Crippen LogP contribution in [0.5, 0.6) is 5.75 Å². The van der Waals surface area contributed by atoms with E-state index >= 15 is 0 Å². The SMILES string of the molecule is [N-]=[N+]=NOB(Oc1ccccc1)c1ccccc1. The Morgan fingerprint density at radius 3 is 2.17 bits per heavy atom. The Hall–Kier alpha value is -2.59. The van der Waals surface area contributed by atoms with Gasteiger partial charge < -0.3 is 9.41 Å². The summed E-state index contributed by atoms with van der Waals surface area (Å²) < 4.78 is 10.6. The maximum absolute atomic E-state index is 8.31. The van der Waals surface area contributed by atoms with Crippen LogP contribution in [0, 0.1) is 0 Å². The molecule has 0 saturated heterocycles. The van der Waals surface area contributed by atoms with Gasteiger partial charge >= 0.3 is 7.12 Å². The second kappa shape index (κ2) is 6.22. The maximum atomic E-state index is 8.31. The standard InChI is InChI=1S/C12H10BN3O2/c14-15-16-18-13(11-7-3-1-4-8-11)17-12-9-5-2-6-10-12/h1-10H. The van der Waals surface area contributed by atoms with Crippen molar-refractivity contribution in [3.63, 3.8) is 0 Å². The Kier molecular flexibility index (Phi) is 4.11. The fourth-order valence-corrected chi connectivity index (χ4v) is 1.45. The van der Waals surface area contributed by atoms with Crippen LogP contribution in [0.2, 0.25) is 0 Å². The van der Waals surface area contributed by atoms with Crippen molar-refractivity contribution in [3.8, 4) is 5.75 Å². The Labute approximate surface area is 105 Å². The summed E-state index contributed by atoms with van der Waals surface area (Å²) in [7, 11) is -0.760. The first-order chi connectivity index (χ1) is 8.90. The van der Waals surface area contributed by atoms with Gasteiger partial charge in [0, 0.05) is 10.4 Å². The van der Waals surface area contributed by atoms with Gasteiger partial charge in [0.1, 0.15) is 5.75 Å². The monoisotopic (exact) mass is 239 g/mol. The van der Waals surface area contributed by atoms with E-state index in [1.54, 1.807) is 12.1 Å². The van der Waals surface area contributed by atoms with Gasteiger partial charge in [-0.15, -0.1) is 0 Å². The lowest BCUT2D eigenvalue weighted by Crippen LogP contribution is -2.38. The summed E-state index contributed by atoms with van der Waals surface area (Å²) in [6.45, 7) is 0. The van der Waals surface area contributed by atoms with Gasteiger partial charge in [-0.1, -0.05) is 48.5 Å². The number of benzene rings is 2. The molecule has 0 spiro atoms. The quantitative estimate of drug-likeness (QED) is 0.264. The van der Waals surface area contributed by atoms with Crippen LogP contribution in [0.1, 0.15) is 0 Å². The molecular formula is C12H10BN3O2. The van der Waals surface area contributed by atoms with E-state index in [0.717, 1.165) is 5.46 Å². The summed E-state index contributed by atoms with van der Waals surface area (Å²) in [5, 5.41) is 3.10. The van der Waals surface area contributed by atoms with E-state index in [4.69, 9.17) is 14.9 Å². The predicted molar refractivity (Wildman–Crippen MR) is 69.1 cm³/mol. The zero-order valence-electron chi connectivity index (χ0n) is 9.51. The topological polar surface area (TPSA) is 67.2 Å². The first kappa shape index (κ1) is 11.9. The number of nitrogens with zero attached hydrogens (tertiary/aromatic N) is 3. The number of hydrogen-bond acceptors (Lipinski definition) is 3. The Morgan fingerprint density at radius 1 is 0.944 bits per heavy atom. The lowest BCUT2D eigenvalue weighted by Gasteiger charge is -2.12. The Morgan fingerprint density at radius 2 is 1.56 bits per heavy atom. The zero-order valence-corrected chi connectivity index (χ0v) is 9.51. The maximum Gasteiger partial charge on any atom is 0.638 e. The molecule has 0 aliphatic carbocycles. The van der Waals surface area contributed by atoms with E-state index in [1.807, 2.05) is 48.5 Å². The van der Waals surface area contributed by atoms with Gasteiger partial charge in [-0.25, -0.2) is 0 Å². The third-order valence-electron chi connectivity index (χ3n) is 2.24. The van der Waals surface area contributed by atoms with Crippen molar-refractivity contribution in [3.05, 3.63) is 71.1 Å². The first-order valence-corrected chi connectivity index (χ1v) is 5.37. The van der Waals surface area contributed by atoms with Crippen LogP contribution >= 0.6 is 0 Å². The van der Waals surface area contributed by atoms with E-state index < -0.39 is 7.12 Å². The molecule has 88 valence electrons. The van der Waals surface area contributed by atoms with Crippen molar-refractivity contribution >= 4 is 12.6 Å². The molecule has 0 aliphatic rings. The van der Waals surface area contributed by atoms with Gasteiger partial charge in [0.25, 0.3) is 0 Å². The van der Waals surface area contributed by atoms with Gasteiger partial charge in [0.2, 0.25) is 0 Å². The molecule has 0 aromatic heterocycles. The predicted octanol–water partition coefficient (Wildman–Crippen LogP) is 2.70. The third-order valence-corrected chi connectivity index (χ3v) is 2.24. The molecule has 0 unspecified atom stereocenters. The minimum atomic E-state index is -0.760. The molecule has 6 heteroatoms. The molecule has 0 radical (unpaired) electrons. The van der Waals surface area contributed by atoms with Crippen molar-refractivity contribution in [1.82, 2.24) is 0 Å². The number of para-hydroxylation sites is 1. The molecule has 2 aromatic rings. The summed E-state index contributed by atoms with van der Waals surface area (Å²) in [5.41, 5.74) is 9.08. The smallest absolute Gasteiger partial charge is 0.522 e. The highest BCUT2D eigenvalue weighted by atomic mass is 16.7. The van der Waals surface area contributed by atoms with Gasteiger partial charge in [0.15, 0.2) is 0 Å². The minimum absolute atomic E-state index is 0.638. The average molecular weight is 239 g/mol. The Bertz CT molecular complexity index is 530. The van der Waals surface area contributed by atoms with Crippen molar-refractivity contribution in [2.45, 2.75) is 0 Å². The van der Waals surface area contributed by atoms with E-state index in [1.165, 1.54) is 0 Å². The molecule has 0 atom stereocenters. The molecule has 2 rings (SSSR count). The summed E-state index contributed by atoms with van der Waals surface area (Å²) in [6, 6.07) is 18.5. The lowest BCUT2D eigenvalue weighted by atomic mass is 9.79. The molecule has 0 fully saturated rings. The Balaban J connectivity index is 2.18. The normalized spacial score (nSPS) is 9.11. The van der Waals surface area contributed by atoms with E-state index in [2.05, 4.69) is 10.2 Å². The third kappa shape index (κ3) is 3.20. The average Bonchev–Trinajstić information content (AvgIpc) is 2.45. The molecule has 18 heavy (non-hydrogen) atoms. The number of rotatable bonds is 5. The number of azide groups is 1. The fourth-order valence-electron chi connectivity index (χ4n) is 1.45. The highest BCUT2D eigenvalue weighted by Crippen LogP contribution is 2.10. The molecule has 0 bridgehead atoms. The van der Waals surface area contributed by atoms with Crippen molar-refractivity contribution < 1.29 is 9.41 Å². The zero-order chi connectivity index (χ0) is 12.6. The molecule has 2 aromatic carbocycles. The van der Waals surface area contributed by atoms with Crippen LogP contribution in [0.15, 0.2) is 65.9 Å². The fraction of sp³-hybridized carbons (Fsp3) is 0. The molecule has 0 aliphatic heterocycles. The van der Waals surface area contributed by atoms with Crippen LogP contribution in [-0.4, -0.2) is 7.12 Å².